The SMILES string of the molecule is Cl.NC(C(=O)O)C(O)c1cnc[nH]1. The van der Waals surface area contributed by atoms with Gasteiger partial charge in [-0.2, -0.15) is 0 Å². The molecule has 0 saturated heterocycles. The van der Waals surface area contributed by atoms with Crippen LogP contribution < -0.4 is 5.73 Å². The van der Waals surface area contributed by atoms with Crippen LogP contribution in [-0.2, 0) is 4.79 Å². The zero-order chi connectivity index (χ0) is 9.14. The van der Waals surface area contributed by atoms with Crippen LogP contribution in [-0.4, -0.2) is 32.2 Å². The molecular formula is C6H10ClN3O3. The summed E-state index contributed by atoms with van der Waals surface area (Å²) in [7, 11) is 0. The number of rotatable bonds is 3. The number of aromatic amines is 1. The highest BCUT2D eigenvalue weighted by atomic mass is 35.5. The van der Waals surface area contributed by atoms with E-state index in [1.165, 1.54) is 12.5 Å². The van der Waals surface area contributed by atoms with Crippen molar-refractivity contribution in [3.05, 3.63) is 18.2 Å². The first-order valence-corrected chi connectivity index (χ1v) is 3.27. The number of halogens is 1. The standard InChI is InChI=1S/C6H9N3O3.ClH/c7-4(6(11)12)5(10)3-1-8-2-9-3;/h1-2,4-5,10H,7H2,(H,8,9)(H,11,12);1H. The predicted octanol–water partition coefficient (Wildman–Crippen LogP) is -0.723. The van der Waals surface area contributed by atoms with Gasteiger partial charge in [-0.1, -0.05) is 0 Å². The Hall–Kier alpha value is -1.11. The van der Waals surface area contributed by atoms with Crippen molar-refractivity contribution >= 4 is 18.4 Å². The van der Waals surface area contributed by atoms with Gasteiger partial charge in [0.25, 0.3) is 0 Å². The van der Waals surface area contributed by atoms with Crippen molar-refractivity contribution in [3.8, 4) is 0 Å². The van der Waals surface area contributed by atoms with Crippen LogP contribution in [0.2, 0.25) is 0 Å². The number of H-pyrrole nitrogens is 1. The van der Waals surface area contributed by atoms with Crippen LogP contribution >= 0.6 is 12.4 Å². The second kappa shape index (κ2) is 4.80. The van der Waals surface area contributed by atoms with E-state index in [1.807, 2.05) is 0 Å². The zero-order valence-electron chi connectivity index (χ0n) is 6.54. The number of nitrogens with two attached hydrogens (primary N) is 1. The van der Waals surface area contributed by atoms with Gasteiger partial charge in [-0.3, -0.25) is 4.79 Å². The molecule has 0 spiro atoms. The van der Waals surface area contributed by atoms with E-state index in [0.717, 1.165) is 0 Å². The van der Waals surface area contributed by atoms with E-state index in [-0.39, 0.29) is 12.4 Å². The van der Waals surface area contributed by atoms with Crippen LogP contribution in [0.5, 0.6) is 0 Å². The minimum Gasteiger partial charge on any atom is -0.480 e. The van der Waals surface area contributed by atoms with Crippen LogP contribution in [0.25, 0.3) is 0 Å². The fourth-order valence-corrected chi connectivity index (χ4v) is 0.757. The van der Waals surface area contributed by atoms with Crippen molar-refractivity contribution in [2.75, 3.05) is 0 Å². The van der Waals surface area contributed by atoms with Gasteiger partial charge in [0.2, 0.25) is 0 Å². The van der Waals surface area contributed by atoms with Gasteiger partial charge in [-0.25, -0.2) is 4.98 Å². The van der Waals surface area contributed by atoms with E-state index in [4.69, 9.17) is 10.8 Å². The number of carboxylic acids is 1. The lowest BCUT2D eigenvalue weighted by molar-refractivity contribution is -0.141. The van der Waals surface area contributed by atoms with E-state index in [0.29, 0.717) is 5.69 Å². The van der Waals surface area contributed by atoms with Crippen molar-refractivity contribution in [1.82, 2.24) is 9.97 Å². The maximum atomic E-state index is 10.3. The Bertz CT molecular complexity index is 264. The highest BCUT2D eigenvalue weighted by Gasteiger charge is 2.24. The van der Waals surface area contributed by atoms with Crippen molar-refractivity contribution in [2.45, 2.75) is 12.1 Å². The number of aliphatic carboxylic acids is 1. The molecule has 2 unspecified atom stereocenters. The molecule has 1 aromatic heterocycles. The quantitative estimate of drug-likeness (QED) is 0.523. The van der Waals surface area contributed by atoms with Gasteiger partial charge in [0.1, 0.15) is 12.1 Å². The highest BCUT2D eigenvalue weighted by Crippen LogP contribution is 2.11. The van der Waals surface area contributed by atoms with Crippen molar-refractivity contribution < 1.29 is 15.0 Å². The van der Waals surface area contributed by atoms with Crippen LogP contribution in [0, 0.1) is 0 Å². The Labute approximate surface area is 80.2 Å². The van der Waals surface area contributed by atoms with Crippen molar-refractivity contribution in [1.29, 1.82) is 0 Å². The average molecular weight is 208 g/mol. The topological polar surface area (TPSA) is 112 Å². The van der Waals surface area contributed by atoms with Gasteiger partial charge < -0.3 is 20.9 Å². The average Bonchev–Trinajstić information content (AvgIpc) is 2.53. The number of aromatic nitrogens is 2. The van der Waals surface area contributed by atoms with Gasteiger partial charge >= 0.3 is 5.97 Å². The van der Waals surface area contributed by atoms with E-state index >= 15 is 0 Å². The molecule has 13 heavy (non-hydrogen) atoms. The number of imidazole rings is 1. The summed E-state index contributed by atoms with van der Waals surface area (Å²) in [5.41, 5.74) is 5.45. The second-order valence-corrected chi connectivity index (χ2v) is 2.32. The molecule has 0 aromatic carbocycles. The van der Waals surface area contributed by atoms with Gasteiger partial charge in [-0.15, -0.1) is 12.4 Å². The Morgan fingerprint density at radius 3 is 2.69 bits per heavy atom. The van der Waals surface area contributed by atoms with Crippen LogP contribution in [0.3, 0.4) is 0 Å². The molecule has 0 fully saturated rings. The molecule has 7 heteroatoms. The fraction of sp³-hybridized carbons (Fsp3) is 0.333. The number of aliphatic hydroxyl groups excluding tert-OH is 1. The van der Waals surface area contributed by atoms with Gasteiger partial charge in [0, 0.05) is 0 Å². The summed E-state index contributed by atoms with van der Waals surface area (Å²) in [6, 6.07) is -1.33. The molecule has 0 aliphatic rings. The lowest BCUT2D eigenvalue weighted by Gasteiger charge is -2.12. The van der Waals surface area contributed by atoms with Crippen molar-refractivity contribution in [2.24, 2.45) is 5.73 Å². The maximum Gasteiger partial charge on any atom is 0.323 e. The first kappa shape index (κ1) is 11.9. The minimum absolute atomic E-state index is 0. The Morgan fingerprint density at radius 2 is 2.31 bits per heavy atom. The van der Waals surface area contributed by atoms with Crippen LogP contribution in [0.4, 0.5) is 0 Å². The number of carbonyl (C=O) groups is 1. The normalized spacial score (nSPS) is 14.3. The summed E-state index contributed by atoms with van der Waals surface area (Å²) in [5, 5.41) is 17.7. The van der Waals surface area contributed by atoms with Crippen molar-refractivity contribution in [3.63, 3.8) is 0 Å². The van der Waals surface area contributed by atoms with Crippen LogP contribution in [0.15, 0.2) is 12.5 Å². The largest absolute Gasteiger partial charge is 0.480 e. The van der Waals surface area contributed by atoms with Gasteiger partial charge in [-0.05, 0) is 0 Å². The minimum atomic E-state index is -1.33. The molecule has 1 aromatic rings. The molecule has 0 amide bonds. The third-order valence-corrected chi connectivity index (χ3v) is 1.46. The number of nitrogens with one attached hydrogen (secondary N) is 1. The zero-order valence-corrected chi connectivity index (χ0v) is 7.36. The van der Waals surface area contributed by atoms with Gasteiger partial charge in [0.05, 0.1) is 18.2 Å². The smallest absolute Gasteiger partial charge is 0.323 e. The van der Waals surface area contributed by atoms with E-state index in [2.05, 4.69) is 9.97 Å². The molecule has 5 N–H and O–H groups in total. The Kier molecular flexibility index (Phi) is 4.39. The number of hydrogen-bond acceptors (Lipinski definition) is 4. The molecule has 0 aliphatic carbocycles. The Morgan fingerprint density at radius 1 is 1.69 bits per heavy atom. The molecule has 0 aliphatic heterocycles. The summed E-state index contributed by atoms with van der Waals surface area (Å²) in [5.74, 6) is -1.25. The number of hydrogen-bond donors (Lipinski definition) is 4. The molecule has 1 rings (SSSR count). The molecule has 0 radical (unpaired) electrons. The number of nitrogens with zero attached hydrogens (tertiary/aromatic N) is 1. The third kappa shape index (κ3) is 2.69. The first-order chi connectivity index (χ1) is 5.63. The molecule has 2 atom stereocenters. The van der Waals surface area contributed by atoms with E-state index in [9.17, 15) is 9.90 Å². The highest BCUT2D eigenvalue weighted by molar-refractivity contribution is 5.85. The fourth-order valence-electron chi connectivity index (χ4n) is 0.757. The number of aliphatic hydroxyl groups is 1. The molecule has 1 heterocycles. The number of carboxylic acid groups (broad SMARTS) is 1. The molecular weight excluding hydrogens is 198 g/mol. The van der Waals surface area contributed by atoms with E-state index in [1.54, 1.807) is 0 Å². The lowest BCUT2D eigenvalue weighted by atomic mass is 10.1. The van der Waals surface area contributed by atoms with E-state index < -0.39 is 18.1 Å². The molecule has 0 bridgehead atoms. The maximum absolute atomic E-state index is 10.3. The molecule has 0 saturated carbocycles. The molecule has 6 nitrogen and oxygen atoms in total. The Balaban J connectivity index is 0.00000144. The third-order valence-electron chi connectivity index (χ3n) is 1.46. The summed E-state index contributed by atoms with van der Waals surface area (Å²) in [4.78, 5) is 16.5. The summed E-state index contributed by atoms with van der Waals surface area (Å²) < 4.78 is 0. The monoisotopic (exact) mass is 207 g/mol. The second-order valence-electron chi connectivity index (χ2n) is 2.32. The summed E-state index contributed by atoms with van der Waals surface area (Å²) >= 11 is 0. The van der Waals surface area contributed by atoms with Gasteiger partial charge in [0.15, 0.2) is 0 Å². The molecule has 74 valence electrons. The lowest BCUT2D eigenvalue weighted by Crippen LogP contribution is -2.36. The first-order valence-electron chi connectivity index (χ1n) is 3.27. The van der Waals surface area contributed by atoms with Crippen LogP contribution in [0.1, 0.15) is 11.8 Å². The summed E-state index contributed by atoms with van der Waals surface area (Å²) in [6.07, 6.45) is 1.42. The summed E-state index contributed by atoms with van der Waals surface area (Å²) in [6.45, 7) is 0. The predicted molar refractivity (Wildman–Crippen MR) is 46.4 cm³/mol.